The van der Waals surface area contributed by atoms with Crippen LogP contribution in [0.25, 0.3) is 0 Å². The number of nitrogens with one attached hydrogen (secondary N) is 3. The van der Waals surface area contributed by atoms with Crippen molar-refractivity contribution < 1.29 is 14.3 Å². The number of thiazole rings is 1. The third kappa shape index (κ3) is 5.18. The number of methoxy groups -OCH3 is 1. The molecule has 3 rings (SSSR count). The molecule has 1 saturated carbocycles. The molecular formula is C17H20N4O3S. The number of carbonyl (C=O) groups is 2. The Labute approximate surface area is 149 Å². The highest BCUT2D eigenvalue weighted by molar-refractivity contribution is 7.14. The van der Waals surface area contributed by atoms with Gasteiger partial charge < -0.3 is 20.7 Å². The molecule has 1 aliphatic rings. The van der Waals surface area contributed by atoms with Gasteiger partial charge in [-0.15, -0.1) is 11.3 Å². The largest absolute Gasteiger partial charge is 0.497 e. The lowest BCUT2D eigenvalue weighted by Gasteiger charge is -2.05. The van der Waals surface area contributed by atoms with Crippen LogP contribution in [0, 0.1) is 0 Å². The molecule has 0 spiro atoms. The fourth-order valence-electron chi connectivity index (χ4n) is 2.14. The lowest BCUT2D eigenvalue weighted by Crippen LogP contribution is -2.31. The molecule has 0 saturated heterocycles. The molecule has 0 atom stereocenters. The lowest BCUT2D eigenvalue weighted by atomic mass is 10.3. The molecule has 8 heteroatoms. The Bertz CT molecular complexity index is 741. The summed E-state index contributed by atoms with van der Waals surface area (Å²) in [6, 6.07) is 7.77. The van der Waals surface area contributed by atoms with E-state index >= 15 is 0 Å². The van der Waals surface area contributed by atoms with E-state index in [-0.39, 0.29) is 18.2 Å². The first-order valence-electron chi connectivity index (χ1n) is 8.08. The van der Waals surface area contributed by atoms with Gasteiger partial charge in [-0.25, -0.2) is 4.98 Å². The van der Waals surface area contributed by atoms with E-state index in [4.69, 9.17) is 4.74 Å². The SMILES string of the molecule is COc1ccc(Nc2nc(C(=O)NCCC(=O)NC3CC3)cs2)cc1. The molecule has 0 radical (unpaired) electrons. The molecule has 25 heavy (non-hydrogen) atoms. The number of benzene rings is 1. The van der Waals surface area contributed by atoms with E-state index in [0.29, 0.717) is 23.4 Å². The van der Waals surface area contributed by atoms with Crippen LogP contribution in [0.3, 0.4) is 0 Å². The minimum Gasteiger partial charge on any atom is -0.497 e. The molecule has 7 nitrogen and oxygen atoms in total. The normalized spacial score (nSPS) is 13.2. The fourth-order valence-corrected chi connectivity index (χ4v) is 2.85. The van der Waals surface area contributed by atoms with Crippen LogP contribution in [-0.2, 0) is 4.79 Å². The Morgan fingerprint density at radius 1 is 1.28 bits per heavy atom. The summed E-state index contributed by atoms with van der Waals surface area (Å²) in [5.74, 6) is 0.469. The summed E-state index contributed by atoms with van der Waals surface area (Å²) in [4.78, 5) is 27.9. The van der Waals surface area contributed by atoms with Crippen LogP contribution >= 0.6 is 11.3 Å². The number of aromatic nitrogens is 1. The number of hydrogen-bond acceptors (Lipinski definition) is 6. The quantitative estimate of drug-likeness (QED) is 0.672. The number of ether oxygens (including phenoxy) is 1. The van der Waals surface area contributed by atoms with Gasteiger partial charge in [0.2, 0.25) is 5.91 Å². The minimum atomic E-state index is -0.279. The molecule has 3 N–H and O–H groups in total. The van der Waals surface area contributed by atoms with Crippen LogP contribution in [0.4, 0.5) is 10.8 Å². The molecule has 1 aromatic heterocycles. The first-order valence-corrected chi connectivity index (χ1v) is 8.96. The van der Waals surface area contributed by atoms with E-state index in [2.05, 4.69) is 20.9 Å². The molecule has 0 aliphatic heterocycles. The molecule has 1 aromatic carbocycles. The van der Waals surface area contributed by atoms with Gasteiger partial charge in [0.05, 0.1) is 7.11 Å². The van der Waals surface area contributed by atoms with Crippen LogP contribution < -0.4 is 20.7 Å². The predicted molar refractivity (Wildman–Crippen MR) is 96.5 cm³/mol. The molecule has 132 valence electrons. The number of hydrogen-bond donors (Lipinski definition) is 3. The van der Waals surface area contributed by atoms with Crippen molar-refractivity contribution in [2.75, 3.05) is 19.0 Å². The van der Waals surface area contributed by atoms with Crippen molar-refractivity contribution in [1.82, 2.24) is 15.6 Å². The molecule has 2 aromatic rings. The Kier molecular flexibility index (Phi) is 5.49. The van der Waals surface area contributed by atoms with Crippen molar-refractivity contribution in [2.45, 2.75) is 25.3 Å². The average Bonchev–Trinajstić information content (AvgIpc) is 3.30. The van der Waals surface area contributed by atoms with Crippen LogP contribution in [0.1, 0.15) is 29.8 Å². The maximum Gasteiger partial charge on any atom is 0.270 e. The highest BCUT2D eigenvalue weighted by Gasteiger charge is 2.22. The van der Waals surface area contributed by atoms with E-state index in [1.54, 1.807) is 12.5 Å². The zero-order chi connectivity index (χ0) is 17.6. The molecule has 1 heterocycles. The molecule has 1 fully saturated rings. The molecule has 0 bridgehead atoms. The summed E-state index contributed by atoms with van der Waals surface area (Å²) in [5, 5.41) is 11.1. The summed E-state index contributed by atoms with van der Waals surface area (Å²) < 4.78 is 5.11. The zero-order valence-corrected chi connectivity index (χ0v) is 14.7. The van der Waals surface area contributed by atoms with E-state index < -0.39 is 0 Å². The second-order valence-electron chi connectivity index (χ2n) is 5.74. The van der Waals surface area contributed by atoms with Crippen LogP contribution in [0.15, 0.2) is 29.6 Å². The summed E-state index contributed by atoms with van der Waals surface area (Å²) >= 11 is 1.35. The second-order valence-corrected chi connectivity index (χ2v) is 6.60. The first-order chi connectivity index (χ1) is 12.1. The maximum absolute atomic E-state index is 12.1. The number of anilines is 2. The van der Waals surface area contributed by atoms with Gasteiger partial charge in [-0.3, -0.25) is 9.59 Å². The van der Waals surface area contributed by atoms with Crippen molar-refractivity contribution in [1.29, 1.82) is 0 Å². The van der Waals surface area contributed by atoms with E-state index in [9.17, 15) is 9.59 Å². The number of amides is 2. The number of rotatable bonds is 8. The predicted octanol–water partition coefficient (Wildman–Crippen LogP) is 2.29. The third-order valence-corrected chi connectivity index (χ3v) is 4.42. The Morgan fingerprint density at radius 3 is 2.72 bits per heavy atom. The van der Waals surface area contributed by atoms with Crippen molar-refractivity contribution >= 4 is 34.0 Å². The Balaban J connectivity index is 1.46. The first kappa shape index (κ1) is 17.2. The van der Waals surface area contributed by atoms with Crippen molar-refractivity contribution in [3.8, 4) is 5.75 Å². The molecule has 0 unspecified atom stereocenters. The smallest absolute Gasteiger partial charge is 0.270 e. The van der Waals surface area contributed by atoms with Gasteiger partial charge in [0, 0.05) is 30.1 Å². The van der Waals surface area contributed by atoms with Crippen molar-refractivity contribution in [3.05, 3.63) is 35.3 Å². The minimum absolute atomic E-state index is 0.0251. The van der Waals surface area contributed by atoms with Gasteiger partial charge in [-0.05, 0) is 37.1 Å². The number of nitrogens with zero attached hydrogens (tertiary/aromatic N) is 1. The van der Waals surface area contributed by atoms with E-state index in [1.807, 2.05) is 24.3 Å². The van der Waals surface area contributed by atoms with Gasteiger partial charge in [0.1, 0.15) is 11.4 Å². The van der Waals surface area contributed by atoms with Crippen molar-refractivity contribution in [3.63, 3.8) is 0 Å². The zero-order valence-electron chi connectivity index (χ0n) is 13.9. The fraction of sp³-hybridized carbons (Fsp3) is 0.353. The summed E-state index contributed by atoms with van der Waals surface area (Å²) in [6.07, 6.45) is 2.39. The van der Waals surface area contributed by atoms with Gasteiger partial charge in [0.25, 0.3) is 5.91 Å². The summed E-state index contributed by atoms with van der Waals surface area (Å²) in [5.41, 5.74) is 1.20. The highest BCUT2D eigenvalue weighted by Crippen LogP contribution is 2.23. The van der Waals surface area contributed by atoms with Gasteiger partial charge in [-0.2, -0.15) is 0 Å². The Morgan fingerprint density at radius 2 is 2.04 bits per heavy atom. The lowest BCUT2D eigenvalue weighted by molar-refractivity contribution is -0.121. The second kappa shape index (κ2) is 7.98. The standard InChI is InChI=1S/C17H20N4O3S/c1-24-13-6-4-12(5-7-13)20-17-21-14(10-25-17)16(23)18-9-8-15(22)19-11-2-3-11/h4-7,10-11H,2-3,8-9H2,1H3,(H,18,23)(H,19,22)(H,20,21). The maximum atomic E-state index is 12.1. The molecular weight excluding hydrogens is 340 g/mol. The summed E-state index contributed by atoms with van der Waals surface area (Å²) in [6.45, 7) is 0.302. The Hall–Kier alpha value is -2.61. The van der Waals surface area contributed by atoms with Crippen LogP contribution in [-0.4, -0.2) is 36.5 Å². The van der Waals surface area contributed by atoms with Crippen LogP contribution in [0.2, 0.25) is 0 Å². The van der Waals surface area contributed by atoms with E-state index in [0.717, 1.165) is 24.3 Å². The van der Waals surface area contributed by atoms with Gasteiger partial charge in [-0.1, -0.05) is 0 Å². The van der Waals surface area contributed by atoms with Crippen molar-refractivity contribution in [2.24, 2.45) is 0 Å². The molecule has 2 amide bonds. The average molecular weight is 360 g/mol. The van der Waals surface area contributed by atoms with Gasteiger partial charge in [0.15, 0.2) is 5.13 Å². The topological polar surface area (TPSA) is 92.3 Å². The van der Waals surface area contributed by atoms with Crippen LogP contribution in [0.5, 0.6) is 5.75 Å². The summed E-state index contributed by atoms with van der Waals surface area (Å²) in [7, 11) is 1.61. The monoisotopic (exact) mass is 360 g/mol. The van der Waals surface area contributed by atoms with Gasteiger partial charge >= 0.3 is 0 Å². The molecule has 1 aliphatic carbocycles. The number of carbonyl (C=O) groups excluding carboxylic acids is 2. The van der Waals surface area contributed by atoms with E-state index in [1.165, 1.54) is 11.3 Å². The third-order valence-electron chi connectivity index (χ3n) is 3.66. The highest BCUT2D eigenvalue weighted by atomic mass is 32.1.